The molecule has 1 aromatic carbocycles. The molecular formula is C24H36N2O3. The molecule has 0 aliphatic rings. The van der Waals surface area contributed by atoms with Gasteiger partial charge in [-0.25, -0.2) is 0 Å². The molecule has 0 saturated heterocycles. The molecular weight excluding hydrogens is 364 g/mol. The van der Waals surface area contributed by atoms with Crippen LogP contribution in [-0.4, -0.2) is 17.8 Å². The summed E-state index contributed by atoms with van der Waals surface area (Å²) in [5.74, 6) is 1.19. The van der Waals surface area contributed by atoms with Crippen molar-refractivity contribution in [3.8, 4) is 11.5 Å². The second-order valence-corrected chi connectivity index (χ2v) is 8.04. The average Bonchev–Trinajstić information content (AvgIpc) is 2.67. The number of anilines is 1. The molecule has 29 heavy (non-hydrogen) atoms. The minimum atomic E-state index is -0.146. The van der Waals surface area contributed by atoms with Crippen LogP contribution in [0.25, 0.3) is 10.9 Å². The van der Waals surface area contributed by atoms with Gasteiger partial charge in [-0.2, -0.15) is 0 Å². The molecule has 5 nitrogen and oxygen atoms in total. The van der Waals surface area contributed by atoms with Crippen molar-refractivity contribution in [2.24, 2.45) is 5.92 Å². The lowest BCUT2D eigenvalue weighted by molar-refractivity contribution is 0.233. The molecule has 1 heterocycles. The largest absolute Gasteiger partial charge is 0.485 e. The fourth-order valence-corrected chi connectivity index (χ4v) is 3.32. The van der Waals surface area contributed by atoms with Crippen molar-refractivity contribution >= 4 is 16.6 Å². The Labute approximate surface area is 174 Å². The quantitative estimate of drug-likeness (QED) is 0.397. The maximum absolute atomic E-state index is 13.4. The normalized spacial score (nSPS) is 12.0. The van der Waals surface area contributed by atoms with E-state index in [2.05, 4.69) is 20.8 Å². The van der Waals surface area contributed by atoms with Crippen LogP contribution in [0.15, 0.2) is 34.6 Å². The number of benzene rings is 1. The molecule has 0 aliphatic carbocycles. The van der Waals surface area contributed by atoms with Gasteiger partial charge >= 0.3 is 0 Å². The number of rotatable bonds is 11. The lowest BCUT2D eigenvalue weighted by Crippen LogP contribution is -2.25. The molecule has 1 atom stereocenters. The Morgan fingerprint density at radius 1 is 1.17 bits per heavy atom. The topological polar surface area (TPSA) is 66.5 Å². The van der Waals surface area contributed by atoms with E-state index in [9.17, 15) is 4.79 Å². The van der Waals surface area contributed by atoms with Crippen molar-refractivity contribution < 1.29 is 9.47 Å². The van der Waals surface area contributed by atoms with Crippen LogP contribution in [0.1, 0.15) is 60.3 Å². The molecule has 1 aromatic heterocycles. The number of nitrogens with two attached hydrogens (primary N) is 1. The van der Waals surface area contributed by atoms with Crippen LogP contribution in [-0.2, 0) is 6.54 Å². The molecule has 2 rings (SSSR count). The van der Waals surface area contributed by atoms with Gasteiger partial charge in [-0.3, -0.25) is 4.79 Å². The van der Waals surface area contributed by atoms with E-state index in [1.807, 2.05) is 38.1 Å². The molecule has 2 N–H and O–H groups in total. The van der Waals surface area contributed by atoms with Crippen LogP contribution in [0.5, 0.6) is 11.5 Å². The SMILES string of the molecule is CCCCn1c(=O)c(OCC(C)CCC)c(OCC=C(C)C)c2ccc(N)cc21. The molecule has 160 valence electrons. The number of hydrogen-bond donors (Lipinski definition) is 1. The van der Waals surface area contributed by atoms with Crippen molar-refractivity contribution in [1.82, 2.24) is 4.57 Å². The summed E-state index contributed by atoms with van der Waals surface area (Å²) in [7, 11) is 0. The maximum Gasteiger partial charge on any atom is 0.297 e. The number of ether oxygens (including phenoxy) is 2. The van der Waals surface area contributed by atoms with Crippen LogP contribution in [0, 0.1) is 5.92 Å². The number of aromatic nitrogens is 1. The number of aryl methyl sites for hydroxylation is 1. The third kappa shape index (κ3) is 6.02. The van der Waals surface area contributed by atoms with Crippen LogP contribution in [0.3, 0.4) is 0 Å². The van der Waals surface area contributed by atoms with Gasteiger partial charge < -0.3 is 19.8 Å². The van der Waals surface area contributed by atoms with Gasteiger partial charge in [-0.1, -0.05) is 39.2 Å². The Kier molecular flexibility index (Phi) is 8.62. The Morgan fingerprint density at radius 2 is 1.93 bits per heavy atom. The van der Waals surface area contributed by atoms with E-state index in [0.717, 1.165) is 42.2 Å². The average molecular weight is 401 g/mol. The molecule has 2 aromatic rings. The number of nitrogen functional groups attached to an aromatic ring is 1. The summed E-state index contributed by atoms with van der Waals surface area (Å²) in [5.41, 5.74) is 8.47. The maximum atomic E-state index is 13.4. The van der Waals surface area contributed by atoms with Crippen LogP contribution < -0.4 is 20.8 Å². The number of fused-ring (bicyclic) bond motifs is 1. The number of allylic oxidation sites excluding steroid dienone is 1. The number of hydrogen-bond acceptors (Lipinski definition) is 4. The highest BCUT2D eigenvalue weighted by Gasteiger charge is 2.20. The van der Waals surface area contributed by atoms with E-state index in [-0.39, 0.29) is 5.56 Å². The second-order valence-electron chi connectivity index (χ2n) is 8.04. The van der Waals surface area contributed by atoms with Gasteiger partial charge in [-0.05, 0) is 56.9 Å². The first-order chi connectivity index (χ1) is 13.9. The van der Waals surface area contributed by atoms with Crippen LogP contribution in [0.2, 0.25) is 0 Å². The molecule has 0 radical (unpaired) electrons. The number of unbranched alkanes of at least 4 members (excludes halogenated alkanes) is 1. The molecule has 0 spiro atoms. The predicted octanol–water partition coefficient (Wildman–Crippen LogP) is 5.54. The second kappa shape index (κ2) is 10.9. The number of pyridine rings is 1. The Hall–Kier alpha value is -2.43. The predicted molar refractivity (Wildman–Crippen MR) is 122 cm³/mol. The van der Waals surface area contributed by atoms with Gasteiger partial charge in [0.1, 0.15) is 6.61 Å². The van der Waals surface area contributed by atoms with Crippen molar-refractivity contribution in [1.29, 1.82) is 0 Å². The van der Waals surface area contributed by atoms with Crippen molar-refractivity contribution in [2.75, 3.05) is 18.9 Å². The standard InChI is InChI=1S/C24H36N2O3/c1-6-8-13-26-21-15-19(25)10-11-20(21)22(28-14-12-17(3)4)23(24(26)27)29-16-18(5)9-7-2/h10-12,15,18H,6-9,13-14,16,25H2,1-5H3. The van der Waals surface area contributed by atoms with Crippen molar-refractivity contribution in [2.45, 2.75) is 66.8 Å². The van der Waals surface area contributed by atoms with Crippen molar-refractivity contribution in [3.63, 3.8) is 0 Å². The highest BCUT2D eigenvalue weighted by molar-refractivity contribution is 5.90. The Bertz CT molecular complexity index is 895. The lowest BCUT2D eigenvalue weighted by atomic mass is 10.1. The lowest BCUT2D eigenvalue weighted by Gasteiger charge is -2.20. The highest BCUT2D eigenvalue weighted by atomic mass is 16.5. The molecule has 0 bridgehead atoms. The van der Waals surface area contributed by atoms with E-state index in [1.54, 1.807) is 4.57 Å². The molecule has 0 saturated carbocycles. The Morgan fingerprint density at radius 3 is 2.59 bits per heavy atom. The smallest absolute Gasteiger partial charge is 0.297 e. The summed E-state index contributed by atoms with van der Waals surface area (Å²) in [6, 6.07) is 5.62. The first-order valence-electron chi connectivity index (χ1n) is 10.7. The summed E-state index contributed by atoms with van der Waals surface area (Å²) >= 11 is 0. The first-order valence-corrected chi connectivity index (χ1v) is 10.7. The van der Waals surface area contributed by atoms with Gasteiger partial charge in [0.25, 0.3) is 5.56 Å². The van der Waals surface area contributed by atoms with Crippen molar-refractivity contribution in [3.05, 3.63) is 40.2 Å². The third-order valence-corrected chi connectivity index (χ3v) is 4.95. The van der Waals surface area contributed by atoms with Crippen LogP contribution >= 0.6 is 0 Å². The van der Waals surface area contributed by atoms with Gasteiger partial charge in [-0.15, -0.1) is 0 Å². The first kappa shape index (κ1) is 22.9. The zero-order chi connectivity index (χ0) is 21.4. The van der Waals surface area contributed by atoms with Crippen LogP contribution in [0.4, 0.5) is 5.69 Å². The van der Waals surface area contributed by atoms with E-state index < -0.39 is 0 Å². The fourth-order valence-electron chi connectivity index (χ4n) is 3.32. The third-order valence-electron chi connectivity index (χ3n) is 4.95. The van der Waals surface area contributed by atoms with Gasteiger partial charge in [0, 0.05) is 17.6 Å². The molecule has 0 fully saturated rings. The summed E-state index contributed by atoms with van der Waals surface area (Å²) < 4.78 is 13.9. The monoisotopic (exact) mass is 400 g/mol. The fraction of sp³-hybridized carbons (Fsp3) is 0.542. The Balaban J connectivity index is 2.60. The molecule has 1 unspecified atom stereocenters. The van der Waals surface area contributed by atoms with E-state index in [0.29, 0.717) is 42.9 Å². The molecule has 0 amide bonds. The highest BCUT2D eigenvalue weighted by Crippen LogP contribution is 2.34. The minimum absolute atomic E-state index is 0.146. The van der Waals surface area contributed by atoms with Gasteiger partial charge in [0.05, 0.1) is 12.1 Å². The van der Waals surface area contributed by atoms with E-state index in [1.165, 1.54) is 0 Å². The van der Waals surface area contributed by atoms with E-state index in [4.69, 9.17) is 15.2 Å². The van der Waals surface area contributed by atoms with Gasteiger partial charge in [0.15, 0.2) is 5.75 Å². The minimum Gasteiger partial charge on any atom is -0.485 e. The number of nitrogens with zero attached hydrogens (tertiary/aromatic N) is 1. The summed E-state index contributed by atoms with van der Waals surface area (Å²) in [4.78, 5) is 13.4. The molecule has 0 aliphatic heterocycles. The zero-order valence-corrected chi connectivity index (χ0v) is 18.6. The van der Waals surface area contributed by atoms with Gasteiger partial charge in [0.2, 0.25) is 5.75 Å². The zero-order valence-electron chi connectivity index (χ0n) is 18.6. The molecule has 5 heteroatoms. The summed E-state index contributed by atoms with van der Waals surface area (Å²) in [6.07, 6.45) is 6.05. The summed E-state index contributed by atoms with van der Waals surface area (Å²) in [5, 5.41) is 0.857. The summed E-state index contributed by atoms with van der Waals surface area (Å²) in [6.45, 7) is 12.0. The van der Waals surface area contributed by atoms with E-state index >= 15 is 0 Å².